The van der Waals surface area contributed by atoms with E-state index in [9.17, 15) is 9.59 Å². The lowest BCUT2D eigenvalue weighted by atomic mass is 10.0. The van der Waals surface area contributed by atoms with E-state index in [0.717, 1.165) is 11.1 Å². The van der Waals surface area contributed by atoms with Crippen LogP contribution in [0.4, 0.5) is 0 Å². The zero-order valence-corrected chi connectivity index (χ0v) is 14.0. The third-order valence-electron chi connectivity index (χ3n) is 3.70. The molecule has 0 saturated carbocycles. The van der Waals surface area contributed by atoms with E-state index < -0.39 is 6.04 Å². The van der Waals surface area contributed by atoms with E-state index >= 15 is 0 Å². The second kappa shape index (κ2) is 8.15. The summed E-state index contributed by atoms with van der Waals surface area (Å²) in [7, 11) is 2.91. The third-order valence-corrected chi connectivity index (χ3v) is 3.70. The Morgan fingerprint density at radius 1 is 1.08 bits per heavy atom. The van der Waals surface area contributed by atoms with E-state index in [2.05, 4.69) is 5.32 Å². The molecule has 5 heteroatoms. The molecule has 0 radical (unpaired) electrons. The van der Waals surface area contributed by atoms with Crippen molar-refractivity contribution < 1.29 is 19.1 Å². The summed E-state index contributed by atoms with van der Waals surface area (Å²) in [5.74, 6) is 0.0874. The largest absolute Gasteiger partial charge is 0.497 e. The van der Waals surface area contributed by atoms with Crippen molar-refractivity contribution in [3.8, 4) is 5.75 Å². The third kappa shape index (κ3) is 4.59. The molecule has 0 bridgehead atoms. The molecule has 24 heavy (non-hydrogen) atoms. The average Bonchev–Trinajstić information content (AvgIpc) is 2.61. The fourth-order valence-electron chi connectivity index (χ4n) is 2.37. The maximum Gasteiger partial charge on any atom is 0.307 e. The van der Waals surface area contributed by atoms with Gasteiger partial charge >= 0.3 is 5.97 Å². The maximum absolute atomic E-state index is 12.5. The Morgan fingerprint density at radius 2 is 1.79 bits per heavy atom. The number of carbonyl (C=O) groups is 2. The molecule has 0 heterocycles. The van der Waals surface area contributed by atoms with E-state index in [1.165, 1.54) is 7.11 Å². The Bertz CT molecular complexity index is 710. The summed E-state index contributed by atoms with van der Waals surface area (Å²) in [6.45, 7) is 1.92. The number of esters is 1. The molecule has 0 fully saturated rings. The van der Waals surface area contributed by atoms with Gasteiger partial charge in [0.25, 0.3) is 5.91 Å². The molecule has 2 aromatic rings. The monoisotopic (exact) mass is 327 g/mol. The number of methoxy groups -OCH3 is 2. The van der Waals surface area contributed by atoms with E-state index in [4.69, 9.17) is 9.47 Å². The Kier molecular flexibility index (Phi) is 5.95. The fourth-order valence-corrected chi connectivity index (χ4v) is 2.37. The molecule has 0 aliphatic heterocycles. The summed E-state index contributed by atoms with van der Waals surface area (Å²) in [5, 5.41) is 2.90. The van der Waals surface area contributed by atoms with Crippen LogP contribution in [0.3, 0.4) is 0 Å². The van der Waals surface area contributed by atoms with Gasteiger partial charge in [0.05, 0.1) is 26.7 Å². The average molecular weight is 327 g/mol. The maximum atomic E-state index is 12.5. The van der Waals surface area contributed by atoms with Gasteiger partial charge in [0.2, 0.25) is 0 Å². The molecular weight excluding hydrogens is 306 g/mol. The summed E-state index contributed by atoms with van der Waals surface area (Å²) in [6.07, 6.45) is 0.0559. The van der Waals surface area contributed by atoms with E-state index in [1.54, 1.807) is 31.4 Å². The zero-order valence-electron chi connectivity index (χ0n) is 14.0. The summed E-state index contributed by atoms with van der Waals surface area (Å²) in [6, 6.07) is 14.0. The molecule has 1 N–H and O–H groups in total. The number of hydrogen-bond acceptors (Lipinski definition) is 4. The van der Waals surface area contributed by atoms with Crippen LogP contribution in [0.15, 0.2) is 48.5 Å². The van der Waals surface area contributed by atoms with E-state index in [1.807, 2.05) is 31.2 Å². The molecular formula is C19H21NO4. The second-order valence-corrected chi connectivity index (χ2v) is 5.45. The number of aryl methyl sites for hydroxylation is 1. The molecule has 0 spiro atoms. The SMILES string of the molecule is COC(=O)CC(NC(=O)c1cccc(C)c1)c1ccc(OC)cc1. The summed E-state index contributed by atoms with van der Waals surface area (Å²) >= 11 is 0. The normalized spacial score (nSPS) is 11.5. The van der Waals surface area contributed by atoms with Gasteiger partial charge in [0.15, 0.2) is 0 Å². The first-order chi connectivity index (χ1) is 11.5. The highest BCUT2D eigenvalue weighted by Crippen LogP contribution is 2.21. The molecule has 1 amide bonds. The lowest BCUT2D eigenvalue weighted by Crippen LogP contribution is -2.30. The van der Waals surface area contributed by atoms with Gasteiger partial charge in [0.1, 0.15) is 5.75 Å². The molecule has 126 valence electrons. The molecule has 0 aliphatic rings. The van der Waals surface area contributed by atoms with Crippen molar-refractivity contribution in [2.24, 2.45) is 0 Å². The molecule has 0 saturated heterocycles. The Morgan fingerprint density at radius 3 is 2.38 bits per heavy atom. The summed E-state index contributed by atoms with van der Waals surface area (Å²) in [4.78, 5) is 24.2. The van der Waals surface area contributed by atoms with Crippen LogP contribution in [-0.4, -0.2) is 26.1 Å². The smallest absolute Gasteiger partial charge is 0.307 e. The Labute approximate surface area is 141 Å². The van der Waals surface area contributed by atoms with Crippen molar-refractivity contribution in [3.63, 3.8) is 0 Å². The first-order valence-corrected chi connectivity index (χ1v) is 7.61. The van der Waals surface area contributed by atoms with Crippen molar-refractivity contribution in [3.05, 3.63) is 65.2 Å². The molecule has 0 aliphatic carbocycles. The number of amides is 1. The Balaban J connectivity index is 2.21. The first kappa shape index (κ1) is 17.5. The van der Waals surface area contributed by atoms with Crippen molar-refractivity contribution in [2.45, 2.75) is 19.4 Å². The van der Waals surface area contributed by atoms with Gasteiger partial charge < -0.3 is 14.8 Å². The van der Waals surface area contributed by atoms with Crippen molar-refractivity contribution in [1.82, 2.24) is 5.32 Å². The minimum Gasteiger partial charge on any atom is -0.497 e. The van der Waals surface area contributed by atoms with Gasteiger partial charge in [-0.3, -0.25) is 9.59 Å². The molecule has 1 atom stereocenters. The van der Waals surface area contributed by atoms with Crippen LogP contribution in [0.5, 0.6) is 5.75 Å². The van der Waals surface area contributed by atoms with Gasteiger partial charge in [-0.1, -0.05) is 29.8 Å². The van der Waals surface area contributed by atoms with E-state index in [-0.39, 0.29) is 18.3 Å². The van der Waals surface area contributed by atoms with Crippen molar-refractivity contribution >= 4 is 11.9 Å². The van der Waals surface area contributed by atoms with Crippen molar-refractivity contribution in [1.29, 1.82) is 0 Å². The quantitative estimate of drug-likeness (QED) is 0.828. The molecule has 2 aromatic carbocycles. The minimum absolute atomic E-state index is 0.0559. The van der Waals surface area contributed by atoms with Crippen LogP contribution >= 0.6 is 0 Å². The molecule has 1 unspecified atom stereocenters. The van der Waals surface area contributed by atoms with Gasteiger partial charge in [-0.25, -0.2) is 0 Å². The molecule has 5 nitrogen and oxygen atoms in total. The van der Waals surface area contributed by atoms with Crippen LogP contribution < -0.4 is 10.1 Å². The van der Waals surface area contributed by atoms with Gasteiger partial charge in [0, 0.05) is 5.56 Å². The van der Waals surface area contributed by atoms with Crippen LogP contribution in [-0.2, 0) is 9.53 Å². The lowest BCUT2D eigenvalue weighted by molar-refractivity contribution is -0.141. The highest BCUT2D eigenvalue weighted by Gasteiger charge is 2.20. The van der Waals surface area contributed by atoms with E-state index in [0.29, 0.717) is 11.3 Å². The topological polar surface area (TPSA) is 64.6 Å². The number of carbonyl (C=O) groups excluding carboxylic acids is 2. The van der Waals surface area contributed by atoms with Crippen molar-refractivity contribution in [2.75, 3.05) is 14.2 Å². The fraction of sp³-hybridized carbons (Fsp3) is 0.263. The standard InChI is InChI=1S/C19H21NO4/c1-13-5-4-6-15(11-13)19(22)20-17(12-18(21)24-3)14-7-9-16(23-2)10-8-14/h4-11,17H,12H2,1-3H3,(H,20,22). The first-order valence-electron chi connectivity index (χ1n) is 7.61. The van der Waals surface area contributed by atoms with Crippen LogP contribution in [0.1, 0.15) is 33.9 Å². The molecule has 0 aromatic heterocycles. The predicted octanol–water partition coefficient (Wildman–Crippen LogP) is 3.04. The van der Waals surface area contributed by atoms with Crippen LogP contribution in [0.2, 0.25) is 0 Å². The lowest BCUT2D eigenvalue weighted by Gasteiger charge is -2.19. The van der Waals surface area contributed by atoms with Gasteiger partial charge in [-0.2, -0.15) is 0 Å². The molecule has 2 rings (SSSR count). The number of nitrogens with one attached hydrogen (secondary N) is 1. The van der Waals surface area contributed by atoms with Crippen LogP contribution in [0, 0.1) is 6.92 Å². The predicted molar refractivity (Wildman–Crippen MR) is 91.0 cm³/mol. The number of rotatable bonds is 6. The summed E-state index contributed by atoms with van der Waals surface area (Å²) < 4.78 is 9.87. The number of ether oxygens (including phenoxy) is 2. The number of benzene rings is 2. The van der Waals surface area contributed by atoms with Crippen LogP contribution in [0.25, 0.3) is 0 Å². The highest BCUT2D eigenvalue weighted by molar-refractivity contribution is 5.94. The van der Waals surface area contributed by atoms with Gasteiger partial charge in [-0.15, -0.1) is 0 Å². The Hall–Kier alpha value is -2.82. The zero-order chi connectivity index (χ0) is 17.5. The highest BCUT2D eigenvalue weighted by atomic mass is 16.5. The minimum atomic E-state index is -0.476. The van der Waals surface area contributed by atoms with Gasteiger partial charge in [-0.05, 0) is 36.8 Å². The second-order valence-electron chi connectivity index (χ2n) is 5.45. The number of hydrogen-bond donors (Lipinski definition) is 1. The summed E-state index contributed by atoms with van der Waals surface area (Å²) in [5.41, 5.74) is 2.36.